The molecule has 1 amide bonds. The average Bonchev–Trinajstić information content (AvgIpc) is 2.39. The van der Waals surface area contributed by atoms with Crippen molar-refractivity contribution in [1.82, 2.24) is 0 Å². The summed E-state index contributed by atoms with van der Waals surface area (Å²) in [6.07, 6.45) is 9.08. The van der Waals surface area contributed by atoms with Crippen molar-refractivity contribution >= 4 is 5.91 Å². The van der Waals surface area contributed by atoms with Gasteiger partial charge >= 0.3 is 0 Å². The van der Waals surface area contributed by atoms with Crippen LogP contribution in [0.5, 0.6) is 0 Å². The van der Waals surface area contributed by atoms with E-state index in [2.05, 4.69) is 6.92 Å². The molecule has 17 heavy (non-hydrogen) atoms. The summed E-state index contributed by atoms with van der Waals surface area (Å²) in [4.78, 5) is 11.5. The quantitative estimate of drug-likeness (QED) is 0.753. The lowest BCUT2D eigenvalue weighted by Crippen LogP contribution is -2.61. The number of carbonyl (C=O) groups excluding carboxylic acids is 1. The molecule has 0 bridgehead atoms. The van der Waals surface area contributed by atoms with Crippen LogP contribution in [-0.2, 0) is 4.79 Å². The Balaban J connectivity index is 2.09. The van der Waals surface area contributed by atoms with Gasteiger partial charge in [0.1, 0.15) is 0 Å². The highest BCUT2D eigenvalue weighted by atomic mass is 16.1. The number of primary amides is 1. The first-order chi connectivity index (χ1) is 8.18. The number of carbonyl (C=O) groups is 1. The molecule has 0 aromatic rings. The minimum Gasteiger partial charge on any atom is -0.369 e. The molecular formula is C14H27N2O+. The molecule has 0 aromatic heterocycles. The molecule has 0 radical (unpaired) electrons. The average molecular weight is 239 g/mol. The number of likely N-dealkylation sites (tertiary alicyclic amines) is 1. The van der Waals surface area contributed by atoms with Gasteiger partial charge in [-0.25, -0.2) is 0 Å². The van der Waals surface area contributed by atoms with Crippen molar-refractivity contribution in [2.24, 2.45) is 11.7 Å². The molecule has 0 aromatic carbocycles. The summed E-state index contributed by atoms with van der Waals surface area (Å²) in [5, 5.41) is 0. The fourth-order valence-electron chi connectivity index (χ4n) is 4.01. The molecule has 1 saturated carbocycles. The van der Waals surface area contributed by atoms with E-state index in [0.29, 0.717) is 0 Å². The highest BCUT2D eigenvalue weighted by Gasteiger charge is 2.42. The van der Waals surface area contributed by atoms with Gasteiger partial charge < -0.3 is 10.2 Å². The third-order valence-corrected chi connectivity index (χ3v) is 5.12. The van der Waals surface area contributed by atoms with Crippen molar-refractivity contribution in [3.8, 4) is 0 Å². The molecule has 2 fully saturated rings. The summed E-state index contributed by atoms with van der Waals surface area (Å²) in [5.74, 6) is 0.0575. The van der Waals surface area contributed by atoms with Crippen molar-refractivity contribution in [1.29, 1.82) is 0 Å². The lowest BCUT2D eigenvalue weighted by molar-refractivity contribution is -0.957. The topological polar surface area (TPSA) is 43.1 Å². The van der Waals surface area contributed by atoms with E-state index in [9.17, 15) is 4.79 Å². The van der Waals surface area contributed by atoms with Gasteiger partial charge in [-0.1, -0.05) is 6.42 Å². The fourth-order valence-corrected chi connectivity index (χ4v) is 4.01. The Kier molecular flexibility index (Phi) is 4.08. The molecule has 1 heterocycles. The first-order valence-corrected chi connectivity index (χ1v) is 7.33. The molecule has 0 spiro atoms. The minimum absolute atomic E-state index is 0.0727. The van der Waals surface area contributed by atoms with Crippen LogP contribution in [-0.4, -0.2) is 36.1 Å². The van der Waals surface area contributed by atoms with Gasteiger partial charge in [-0.05, 0) is 45.4 Å². The number of hydrogen-bond donors (Lipinski definition) is 1. The van der Waals surface area contributed by atoms with E-state index in [0.717, 1.165) is 19.0 Å². The predicted molar refractivity (Wildman–Crippen MR) is 69.3 cm³/mol. The summed E-state index contributed by atoms with van der Waals surface area (Å²) < 4.78 is 1.17. The van der Waals surface area contributed by atoms with Gasteiger partial charge in [-0.2, -0.15) is 0 Å². The molecule has 2 N–H and O–H groups in total. The zero-order chi connectivity index (χ0) is 12.3. The molecule has 2 aliphatic rings. The summed E-state index contributed by atoms with van der Waals surface area (Å²) in [7, 11) is 0. The van der Waals surface area contributed by atoms with E-state index in [1.807, 2.05) is 0 Å². The second-order valence-corrected chi connectivity index (χ2v) is 5.97. The number of rotatable bonds is 3. The zero-order valence-corrected chi connectivity index (χ0v) is 11.2. The smallest absolute Gasteiger partial charge is 0.226 e. The second-order valence-electron chi connectivity index (χ2n) is 5.97. The summed E-state index contributed by atoms with van der Waals surface area (Å²) in [5.41, 5.74) is 5.52. The SMILES string of the molecule is CC[N+]1(C2CCCCC2)CCCC(C(N)=O)C1. The molecular weight excluding hydrogens is 212 g/mol. The van der Waals surface area contributed by atoms with Crippen LogP contribution in [0.2, 0.25) is 0 Å². The number of nitrogens with zero attached hydrogens (tertiary/aromatic N) is 1. The van der Waals surface area contributed by atoms with Gasteiger partial charge in [0.25, 0.3) is 0 Å². The highest BCUT2D eigenvalue weighted by Crippen LogP contribution is 2.33. The van der Waals surface area contributed by atoms with Gasteiger partial charge in [0.2, 0.25) is 5.91 Å². The second kappa shape index (κ2) is 5.38. The Morgan fingerprint density at radius 2 is 1.88 bits per heavy atom. The third kappa shape index (κ3) is 2.65. The molecule has 2 unspecified atom stereocenters. The van der Waals surface area contributed by atoms with Crippen LogP contribution >= 0.6 is 0 Å². The van der Waals surface area contributed by atoms with Gasteiger partial charge in [-0.15, -0.1) is 0 Å². The van der Waals surface area contributed by atoms with Gasteiger partial charge in [0, 0.05) is 0 Å². The highest BCUT2D eigenvalue weighted by molar-refractivity contribution is 5.76. The Labute approximate surface area is 105 Å². The monoisotopic (exact) mass is 239 g/mol. The number of quaternary nitrogens is 1. The van der Waals surface area contributed by atoms with E-state index in [4.69, 9.17) is 5.73 Å². The number of amides is 1. The normalized spacial score (nSPS) is 35.7. The summed E-state index contributed by atoms with van der Waals surface area (Å²) in [6.45, 7) is 5.74. The Hall–Kier alpha value is -0.570. The molecule has 3 heteroatoms. The van der Waals surface area contributed by atoms with Crippen molar-refractivity contribution in [3.05, 3.63) is 0 Å². The van der Waals surface area contributed by atoms with Crippen molar-refractivity contribution in [2.75, 3.05) is 19.6 Å². The van der Waals surface area contributed by atoms with Crippen LogP contribution in [0.15, 0.2) is 0 Å². The summed E-state index contributed by atoms with van der Waals surface area (Å²) >= 11 is 0. The van der Waals surface area contributed by atoms with Gasteiger partial charge in [0.15, 0.2) is 0 Å². The fraction of sp³-hybridized carbons (Fsp3) is 0.929. The maximum atomic E-state index is 11.5. The maximum Gasteiger partial charge on any atom is 0.226 e. The van der Waals surface area contributed by atoms with Crippen LogP contribution in [0.3, 0.4) is 0 Å². The van der Waals surface area contributed by atoms with Crippen molar-refractivity contribution in [2.45, 2.75) is 57.9 Å². The summed E-state index contributed by atoms with van der Waals surface area (Å²) in [6, 6.07) is 0.802. The number of nitrogens with two attached hydrogens (primary N) is 1. The first-order valence-electron chi connectivity index (χ1n) is 7.33. The largest absolute Gasteiger partial charge is 0.369 e. The molecule has 1 aliphatic heterocycles. The van der Waals surface area contributed by atoms with E-state index >= 15 is 0 Å². The van der Waals surface area contributed by atoms with E-state index in [1.54, 1.807) is 0 Å². The minimum atomic E-state index is -0.0727. The Morgan fingerprint density at radius 3 is 2.47 bits per heavy atom. The number of hydrogen-bond acceptors (Lipinski definition) is 1. The van der Waals surface area contributed by atoms with Crippen LogP contribution in [0, 0.1) is 5.92 Å². The van der Waals surface area contributed by atoms with Crippen molar-refractivity contribution < 1.29 is 9.28 Å². The van der Waals surface area contributed by atoms with E-state index in [1.165, 1.54) is 56.1 Å². The van der Waals surface area contributed by atoms with Crippen LogP contribution in [0.1, 0.15) is 51.9 Å². The van der Waals surface area contributed by atoms with Crippen LogP contribution in [0.25, 0.3) is 0 Å². The van der Waals surface area contributed by atoms with E-state index < -0.39 is 0 Å². The van der Waals surface area contributed by atoms with Crippen LogP contribution < -0.4 is 5.73 Å². The maximum absolute atomic E-state index is 11.5. The van der Waals surface area contributed by atoms with E-state index in [-0.39, 0.29) is 11.8 Å². The Morgan fingerprint density at radius 1 is 1.18 bits per heavy atom. The lowest BCUT2D eigenvalue weighted by Gasteiger charge is -2.49. The first kappa shape index (κ1) is 12.9. The third-order valence-electron chi connectivity index (χ3n) is 5.12. The molecule has 3 nitrogen and oxygen atoms in total. The van der Waals surface area contributed by atoms with Gasteiger partial charge in [0.05, 0.1) is 31.6 Å². The lowest BCUT2D eigenvalue weighted by atomic mass is 9.87. The number of piperidine rings is 1. The molecule has 2 atom stereocenters. The zero-order valence-electron chi connectivity index (χ0n) is 11.2. The molecule has 2 rings (SSSR count). The Bertz CT molecular complexity index is 273. The molecule has 1 saturated heterocycles. The van der Waals surface area contributed by atoms with Gasteiger partial charge in [-0.3, -0.25) is 4.79 Å². The molecule has 1 aliphatic carbocycles. The molecule has 98 valence electrons. The van der Waals surface area contributed by atoms with Crippen LogP contribution in [0.4, 0.5) is 0 Å². The van der Waals surface area contributed by atoms with Crippen molar-refractivity contribution in [3.63, 3.8) is 0 Å². The predicted octanol–water partition coefficient (Wildman–Crippen LogP) is 2.05. The standard InChI is InChI=1S/C14H26N2O/c1-2-16(13-8-4-3-5-9-13)10-6-7-12(11-16)14(15)17/h12-13H,2-11H2,1H3,(H-,15,17)/p+1.